The van der Waals surface area contributed by atoms with E-state index in [1.165, 1.54) is 13.8 Å². The van der Waals surface area contributed by atoms with Crippen LogP contribution in [0.3, 0.4) is 0 Å². The van der Waals surface area contributed by atoms with Gasteiger partial charge in [-0.2, -0.15) is 0 Å². The Morgan fingerprint density at radius 2 is 1.69 bits per heavy atom. The first kappa shape index (κ1) is 12.1. The van der Waals surface area contributed by atoms with Crippen molar-refractivity contribution in [3.05, 3.63) is 0 Å². The molecule has 0 aromatic heterocycles. The highest BCUT2D eigenvalue weighted by molar-refractivity contribution is 6.50. The Kier molecular flexibility index (Phi) is 5.32. The fourth-order valence-corrected chi connectivity index (χ4v) is 2.16. The van der Waals surface area contributed by atoms with Gasteiger partial charge in [0.1, 0.15) is 0 Å². The largest absolute Gasteiger partial charge is 0.486 e. The summed E-state index contributed by atoms with van der Waals surface area (Å²) in [6.07, 6.45) is 0.622. The minimum absolute atomic E-state index is 0.340. The van der Waals surface area contributed by atoms with E-state index in [1.54, 1.807) is 0 Å². The Morgan fingerprint density at radius 3 is 1.92 bits per heavy atom. The number of nitrogens with two attached hydrogens (primary N) is 1. The van der Waals surface area contributed by atoms with Crippen LogP contribution >= 0.6 is 0 Å². The van der Waals surface area contributed by atoms with E-state index in [1.807, 2.05) is 6.92 Å². The first-order valence-corrected chi connectivity index (χ1v) is 5.68. The SMILES string of the molecule is CCC(N)[SiH](OC(C)=O)OC(C)=O. The van der Waals surface area contributed by atoms with E-state index in [-0.39, 0.29) is 5.67 Å². The van der Waals surface area contributed by atoms with Crippen molar-refractivity contribution < 1.29 is 18.4 Å². The minimum Gasteiger partial charge on any atom is -0.486 e. The molecule has 0 aliphatic carbocycles. The Hall–Kier alpha value is -0.883. The molecular formula is C7H15NO4Si. The first-order chi connectivity index (χ1) is 5.97. The van der Waals surface area contributed by atoms with E-state index in [0.29, 0.717) is 6.42 Å². The molecule has 0 saturated heterocycles. The van der Waals surface area contributed by atoms with Crippen LogP contribution in [0.4, 0.5) is 0 Å². The average molecular weight is 205 g/mol. The summed E-state index contributed by atoms with van der Waals surface area (Å²) in [6.45, 7) is 4.38. The summed E-state index contributed by atoms with van der Waals surface area (Å²) < 4.78 is 9.69. The second-order valence-corrected chi connectivity index (χ2v) is 4.72. The molecule has 0 saturated carbocycles. The molecule has 6 heteroatoms. The van der Waals surface area contributed by atoms with Crippen LogP contribution < -0.4 is 5.73 Å². The van der Waals surface area contributed by atoms with E-state index in [4.69, 9.17) is 14.6 Å². The molecule has 0 amide bonds. The van der Waals surface area contributed by atoms with Crippen molar-refractivity contribution in [1.82, 2.24) is 0 Å². The Balaban J connectivity index is 4.17. The fourth-order valence-electron chi connectivity index (χ4n) is 0.718. The second kappa shape index (κ2) is 5.71. The Bertz CT molecular complexity index is 181. The lowest BCUT2D eigenvalue weighted by Gasteiger charge is -2.19. The summed E-state index contributed by atoms with van der Waals surface area (Å²) in [5.41, 5.74) is 5.28. The summed E-state index contributed by atoms with van der Waals surface area (Å²) in [4.78, 5) is 21.2. The molecule has 0 aliphatic heterocycles. The third kappa shape index (κ3) is 5.37. The van der Waals surface area contributed by atoms with Crippen molar-refractivity contribution in [3.63, 3.8) is 0 Å². The van der Waals surface area contributed by atoms with Gasteiger partial charge in [0.2, 0.25) is 0 Å². The molecule has 0 bridgehead atoms. The normalized spacial score (nSPS) is 12.4. The van der Waals surface area contributed by atoms with Gasteiger partial charge >= 0.3 is 9.28 Å². The average Bonchev–Trinajstić information content (AvgIpc) is 2.00. The lowest BCUT2D eigenvalue weighted by atomic mass is 10.5. The highest BCUT2D eigenvalue weighted by Gasteiger charge is 2.27. The predicted octanol–water partition coefficient (Wildman–Crippen LogP) is -0.390. The van der Waals surface area contributed by atoms with Crippen LogP contribution in [0.1, 0.15) is 27.2 Å². The van der Waals surface area contributed by atoms with Crippen LogP contribution in [0.15, 0.2) is 0 Å². The van der Waals surface area contributed by atoms with Crippen LogP contribution in [-0.2, 0) is 18.4 Å². The molecular weight excluding hydrogens is 190 g/mol. The monoisotopic (exact) mass is 205 g/mol. The Labute approximate surface area is 79.0 Å². The lowest BCUT2D eigenvalue weighted by Crippen LogP contribution is -2.45. The van der Waals surface area contributed by atoms with Gasteiger partial charge in [0.15, 0.2) is 0 Å². The van der Waals surface area contributed by atoms with E-state index >= 15 is 0 Å². The van der Waals surface area contributed by atoms with Crippen molar-refractivity contribution in [3.8, 4) is 0 Å². The zero-order chi connectivity index (χ0) is 10.4. The van der Waals surface area contributed by atoms with Gasteiger partial charge in [-0.3, -0.25) is 9.59 Å². The van der Waals surface area contributed by atoms with Crippen molar-refractivity contribution in [2.75, 3.05) is 0 Å². The second-order valence-electron chi connectivity index (χ2n) is 2.66. The fraction of sp³-hybridized carbons (Fsp3) is 0.714. The van der Waals surface area contributed by atoms with Crippen LogP contribution in [0.2, 0.25) is 0 Å². The van der Waals surface area contributed by atoms with E-state index in [9.17, 15) is 9.59 Å². The molecule has 0 radical (unpaired) electrons. The molecule has 0 aromatic carbocycles. The van der Waals surface area contributed by atoms with Crippen LogP contribution in [0, 0.1) is 0 Å². The van der Waals surface area contributed by atoms with Crippen LogP contribution in [0.25, 0.3) is 0 Å². The smallest absolute Gasteiger partial charge is 0.465 e. The molecule has 1 unspecified atom stereocenters. The third-order valence-electron chi connectivity index (χ3n) is 1.39. The van der Waals surface area contributed by atoms with Crippen LogP contribution in [0.5, 0.6) is 0 Å². The predicted molar refractivity (Wildman–Crippen MR) is 48.9 cm³/mol. The maximum atomic E-state index is 10.6. The van der Waals surface area contributed by atoms with Crippen molar-refractivity contribution >= 4 is 21.2 Å². The first-order valence-electron chi connectivity index (χ1n) is 4.07. The molecule has 2 N–H and O–H groups in total. The lowest BCUT2D eigenvalue weighted by molar-refractivity contribution is -0.137. The van der Waals surface area contributed by atoms with E-state index < -0.39 is 21.2 Å². The summed E-state index contributed by atoms with van der Waals surface area (Å²) in [7, 11) is -2.36. The molecule has 0 aromatic rings. The summed E-state index contributed by atoms with van der Waals surface area (Å²) in [6, 6.07) is 0. The molecule has 0 fully saturated rings. The summed E-state index contributed by atoms with van der Waals surface area (Å²) in [5.74, 6) is -0.913. The number of hydrogen-bond donors (Lipinski definition) is 1. The molecule has 0 aliphatic rings. The van der Waals surface area contributed by atoms with E-state index in [2.05, 4.69) is 0 Å². The van der Waals surface area contributed by atoms with Gasteiger partial charge in [-0.25, -0.2) is 0 Å². The summed E-state index contributed by atoms with van der Waals surface area (Å²) in [5, 5.41) is 0. The van der Waals surface area contributed by atoms with Gasteiger partial charge < -0.3 is 14.6 Å². The molecule has 0 spiro atoms. The maximum Gasteiger partial charge on any atom is 0.465 e. The van der Waals surface area contributed by atoms with Crippen LogP contribution in [-0.4, -0.2) is 26.9 Å². The highest BCUT2D eigenvalue weighted by atomic mass is 28.3. The van der Waals surface area contributed by atoms with Crippen molar-refractivity contribution in [2.24, 2.45) is 5.73 Å². The number of rotatable bonds is 4. The summed E-state index contributed by atoms with van der Waals surface area (Å²) >= 11 is 0. The minimum atomic E-state index is -2.36. The zero-order valence-corrected chi connectivity index (χ0v) is 9.23. The van der Waals surface area contributed by atoms with Gasteiger partial charge in [0, 0.05) is 13.8 Å². The number of carbonyl (C=O) groups is 2. The molecule has 0 heterocycles. The van der Waals surface area contributed by atoms with E-state index in [0.717, 1.165) is 0 Å². The van der Waals surface area contributed by atoms with Gasteiger partial charge in [0.05, 0.1) is 5.67 Å². The van der Waals surface area contributed by atoms with Gasteiger partial charge in [0.25, 0.3) is 11.9 Å². The molecule has 76 valence electrons. The molecule has 5 nitrogen and oxygen atoms in total. The number of carbonyl (C=O) groups excluding carboxylic acids is 2. The maximum absolute atomic E-state index is 10.6. The molecule has 0 rings (SSSR count). The van der Waals surface area contributed by atoms with Gasteiger partial charge in [-0.15, -0.1) is 0 Å². The van der Waals surface area contributed by atoms with Gasteiger partial charge in [-0.1, -0.05) is 6.92 Å². The van der Waals surface area contributed by atoms with Crippen molar-refractivity contribution in [2.45, 2.75) is 32.9 Å². The zero-order valence-electron chi connectivity index (χ0n) is 8.07. The molecule has 1 atom stereocenters. The molecule has 13 heavy (non-hydrogen) atoms. The quantitative estimate of drug-likeness (QED) is 0.632. The highest BCUT2D eigenvalue weighted by Crippen LogP contribution is 1.99. The third-order valence-corrected chi connectivity index (χ3v) is 3.68. The number of hydrogen-bond acceptors (Lipinski definition) is 5. The standard InChI is InChI=1S/C7H15NO4Si/c1-4-7(8)13(11-5(2)9)12-6(3)10/h7,13H,4,8H2,1-3H3. The topological polar surface area (TPSA) is 78.6 Å². The Morgan fingerprint density at radius 1 is 1.31 bits per heavy atom. The van der Waals surface area contributed by atoms with Crippen molar-refractivity contribution in [1.29, 1.82) is 0 Å². The van der Waals surface area contributed by atoms with Gasteiger partial charge in [-0.05, 0) is 6.42 Å².